The van der Waals surface area contributed by atoms with Crippen LogP contribution in [0.4, 0.5) is 0 Å². The summed E-state index contributed by atoms with van der Waals surface area (Å²) >= 11 is 5.31. The van der Waals surface area contributed by atoms with E-state index in [1.807, 2.05) is 11.3 Å². The van der Waals surface area contributed by atoms with Crippen LogP contribution in [0, 0.1) is 5.92 Å². The van der Waals surface area contributed by atoms with Crippen LogP contribution in [0.3, 0.4) is 0 Å². The van der Waals surface area contributed by atoms with Gasteiger partial charge >= 0.3 is 0 Å². The highest BCUT2D eigenvalue weighted by atomic mass is 79.9. The van der Waals surface area contributed by atoms with Gasteiger partial charge in [0.15, 0.2) is 0 Å². The summed E-state index contributed by atoms with van der Waals surface area (Å²) < 4.78 is 0. The summed E-state index contributed by atoms with van der Waals surface area (Å²) in [6.45, 7) is 5.48. The van der Waals surface area contributed by atoms with E-state index in [1.165, 1.54) is 4.88 Å². The highest BCUT2D eigenvalue weighted by molar-refractivity contribution is 9.09. The molecule has 1 aromatic rings. The van der Waals surface area contributed by atoms with Crippen LogP contribution in [0.1, 0.15) is 18.7 Å². The summed E-state index contributed by atoms with van der Waals surface area (Å²) in [5.41, 5.74) is 0. The molecule has 0 saturated heterocycles. The maximum absolute atomic E-state index is 3.52. The quantitative estimate of drug-likeness (QED) is 0.803. The van der Waals surface area contributed by atoms with Gasteiger partial charge < -0.3 is 5.32 Å². The lowest BCUT2D eigenvalue weighted by atomic mass is 10.1. The van der Waals surface area contributed by atoms with E-state index in [-0.39, 0.29) is 0 Å². The molecule has 3 heteroatoms. The third kappa shape index (κ3) is 3.79. The first-order valence-electron chi connectivity index (χ1n) is 4.55. The van der Waals surface area contributed by atoms with Crippen LogP contribution in [-0.4, -0.2) is 11.4 Å². The van der Waals surface area contributed by atoms with Gasteiger partial charge in [0.25, 0.3) is 0 Å². The SMILES string of the molecule is CC(CBr)C(C)NCc1cccs1. The third-order valence-corrected chi connectivity index (χ3v) is 4.17. The van der Waals surface area contributed by atoms with Crippen molar-refractivity contribution in [2.24, 2.45) is 5.92 Å². The van der Waals surface area contributed by atoms with Crippen molar-refractivity contribution in [1.82, 2.24) is 5.32 Å². The summed E-state index contributed by atoms with van der Waals surface area (Å²) in [4.78, 5) is 1.41. The second kappa shape index (κ2) is 5.78. The molecule has 0 aliphatic heterocycles. The largest absolute Gasteiger partial charge is 0.309 e. The van der Waals surface area contributed by atoms with E-state index in [9.17, 15) is 0 Å². The van der Waals surface area contributed by atoms with E-state index >= 15 is 0 Å². The van der Waals surface area contributed by atoms with E-state index in [0.29, 0.717) is 12.0 Å². The van der Waals surface area contributed by atoms with Crippen molar-refractivity contribution in [2.75, 3.05) is 5.33 Å². The van der Waals surface area contributed by atoms with Crippen LogP contribution < -0.4 is 5.32 Å². The van der Waals surface area contributed by atoms with Gasteiger partial charge in [0.1, 0.15) is 0 Å². The van der Waals surface area contributed by atoms with Gasteiger partial charge in [-0.25, -0.2) is 0 Å². The second-order valence-electron chi connectivity index (χ2n) is 3.38. The van der Waals surface area contributed by atoms with Crippen LogP contribution in [0.15, 0.2) is 17.5 Å². The number of alkyl halides is 1. The van der Waals surface area contributed by atoms with E-state index in [0.717, 1.165) is 11.9 Å². The maximum atomic E-state index is 3.52. The molecular formula is C10H16BrNS. The summed E-state index contributed by atoms with van der Waals surface area (Å²) in [5.74, 6) is 0.681. The molecule has 0 aliphatic carbocycles. The lowest BCUT2D eigenvalue weighted by Gasteiger charge is -2.18. The van der Waals surface area contributed by atoms with Crippen molar-refractivity contribution in [3.63, 3.8) is 0 Å². The van der Waals surface area contributed by atoms with Crippen molar-refractivity contribution in [3.05, 3.63) is 22.4 Å². The van der Waals surface area contributed by atoms with Gasteiger partial charge in [-0.15, -0.1) is 11.3 Å². The predicted octanol–water partition coefficient (Wildman–Crippen LogP) is 3.26. The smallest absolute Gasteiger partial charge is 0.0302 e. The molecule has 0 bridgehead atoms. The summed E-state index contributed by atoms with van der Waals surface area (Å²) in [6, 6.07) is 4.84. The van der Waals surface area contributed by atoms with Crippen molar-refractivity contribution in [1.29, 1.82) is 0 Å². The first kappa shape index (κ1) is 11.2. The Kier molecular flexibility index (Phi) is 4.99. The zero-order valence-corrected chi connectivity index (χ0v) is 10.5. The monoisotopic (exact) mass is 261 g/mol. The standard InChI is InChI=1S/C10H16BrNS/c1-8(6-11)9(2)12-7-10-4-3-5-13-10/h3-5,8-9,12H,6-7H2,1-2H3. The van der Waals surface area contributed by atoms with Crippen LogP contribution >= 0.6 is 27.3 Å². The molecule has 1 heterocycles. The van der Waals surface area contributed by atoms with Crippen LogP contribution in [-0.2, 0) is 6.54 Å². The molecule has 1 rings (SSSR count). The molecule has 1 nitrogen and oxygen atoms in total. The van der Waals surface area contributed by atoms with Gasteiger partial charge in [-0.2, -0.15) is 0 Å². The molecule has 0 spiro atoms. The molecule has 13 heavy (non-hydrogen) atoms. The molecule has 0 amide bonds. The molecule has 1 N–H and O–H groups in total. The summed E-state index contributed by atoms with van der Waals surface area (Å²) in [5, 5.41) is 6.70. The highest BCUT2D eigenvalue weighted by Crippen LogP contribution is 2.10. The van der Waals surface area contributed by atoms with Crippen LogP contribution in [0.2, 0.25) is 0 Å². The lowest BCUT2D eigenvalue weighted by molar-refractivity contribution is 0.435. The number of thiophene rings is 1. The zero-order valence-electron chi connectivity index (χ0n) is 8.09. The fourth-order valence-corrected chi connectivity index (χ4v) is 2.23. The van der Waals surface area contributed by atoms with Gasteiger partial charge in [0.2, 0.25) is 0 Å². The molecule has 0 saturated carbocycles. The first-order valence-corrected chi connectivity index (χ1v) is 6.56. The highest BCUT2D eigenvalue weighted by Gasteiger charge is 2.09. The van der Waals surface area contributed by atoms with Gasteiger partial charge in [-0.3, -0.25) is 0 Å². The van der Waals surface area contributed by atoms with E-state index in [1.54, 1.807) is 0 Å². The average Bonchev–Trinajstić information content (AvgIpc) is 2.65. The normalized spacial score (nSPS) is 15.6. The number of hydrogen-bond donors (Lipinski definition) is 1. The third-order valence-electron chi connectivity index (χ3n) is 2.28. The van der Waals surface area contributed by atoms with E-state index in [2.05, 4.69) is 52.6 Å². The number of hydrogen-bond acceptors (Lipinski definition) is 2. The maximum Gasteiger partial charge on any atom is 0.0302 e. The van der Waals surface area contributed by atoms with Gasteiger partial charge in [-0.05, 0) is 24.3 Å². The van der Waals surface area contributed by atoms with Crippen molar-refractivity contribution in [2.45, 2.75) is 26.4 Å². The number of halogens is 1. The molecular weight excluding hydrogens is 246 g/mol. The molecule has 0 aliphatic rings. The van der Waals surface area contributed by atoms with Crippen molar-refractivity contribution < 1.29 is 0 Å². The van der Waals surface area contributed by atoms with Crippen molar-refractivity contribution in [3.8, 4) is 0 Å². The lowest BCUT2D eigenvalue weighted by Crippen LogP contribution is -2.32. The topological polar surface area (TPSA) is 12.0 Å². The fraction of sp³-hybridized carbons (Fsp3) is 0.600. The molecule has 1 aromatic heterocycles. The average molecular weight is 262 g/mol. The second-order valence-corrected chi connectivity index (χ2v) is 5.06. The molecule has 0 aromatic carbocycles. The Morgan fingerprint density at radius 2 is 2.31 bits per heavy atom. The molecule has 0 radical (unpaired) electrons. The van der Waals surface area contributed by atoms with E-state index < -0.39 is 0 Å². The minimum absolute atomic E-state index is 0.571. The molecule has 74 valence electrons. The minimum atomic E-state index is 0.571. The molecule has 2 atom stereocenters. The first-order chi connectivity index (χ1) is 6.24. The van der Waals surface area contributed by atoms with Gasteiger partial charge in [0, 0.05) is 22.8 Å². The molecule has 2 unspecified atom stereocenters. The minimum Gasteiger partial charge on any atom is -0.309 e. The predicted molar refractivity (Wildman–Crippen MR) is 63.6 cm³/mol. The zero-order chi connectivity index (χ0) is 9.68. The van der Waals surface area contributed by atoms with Crippen LogP contribution in [0.25, 0.3) is 0 Å². The molecule has 0 fully saturated rings. The van der Waals surface area contributed by atoms with Gasteiger partial charge in [-0.1, -0.05) is 28.9 Å². The fourth-order valence-electron chi connectivity index (χ4n) is 1.01. The Hall–Kier alpha value is 0.140. The van der Waals surface area contributed by atoms with E-state index in [4.69, 9.17) is 0 Å². The Balaban J connectivity index is 2.26. The Morgan fingerprint density at radius 1 is 1.54 bits per heavy atom. The van der Waals surface area contributed by atoms with Gasteiger partial charge in [0.05, 0.1) is 0 Å². The van der Waals surface area contributed by atoms with Crippen molar-refractivity contribution >= 4 is 27.3 Å². The Labute approximate surface area is 92.7 Å². The van der Waals surface area contributed by atoms with Crippen LogP contribution in [0.5, 0.6) is 0 Å². The summed E-state index contributed by atoms with van der Waals surface area (Å²) in [6.07, 6.45) is 0. The Morgan fingerprint density at radius 3 is 2.85 bits per heavy atom. The summed E-state index contributed by atoms with van der Waals surface area (Å²) in [7, 11) is 0. The number of rotatable bonds is 5. The Bertz CT molecular complexity index is 223. The number of nitrogens with one attached hydrogen (secondary N) is 1.